The van der Waals surface area contributed by atoms with Crippen molar-refractivity contribution in [2.45, 2.75) is 24.5 Å². The van der Waals surface area contributed by atoms with Crippen LogP contribution >= 0.6 is 15.9 Å². The predicted octanol–water partition coefficient (Wildman–Crippen LogP) is 5.83. The van der Waals surface area contributed by atoms with Gasteiger partial charge in [0, 0.05) is 55.7 Å². The van der Waals surface area contributed by atoms with Gasteiger partial charge in [-0.25, -0.2) is 4.99 Å². The number of aliphatic hydroxyl groups is 1. The summed E-state index contributed by atoms with van der Waals surface area (Å²) in [5.74, 6) is 0.921. The maximum Gasteiger partial charge on any atom is 0.252 e. The van der Waals surface area contributed by atoms with Crippen molar-refractivity contribution in [1.29, 1.82) is 0 Å². The number of amides is 1. The standard InChI is InChI=1S/C38H40BrN3O5/c39-33-15-7-28(8-16-33)27-38(37(44)40-19-20-42-21-25-45-26-22-42)35(31-11-9-30(10-12-31)29-5-2-1-3-6-29)47-36(41-38)32-13-17-34(18-14-32)46-24-4-23-43/h1-3,5-18,35,43H,4,19-27H2,(H,40,44)/t35-,38-/m1/s1. The molecule has 0 unspecified atom stereocenters. The molecule has 4 aromatic carbocycles. The number of benzene rings is 4. The molecule has 1 fully saturated rings. The lowest BCUT2D eigenvalue weighted by Gasteiger charge is -2.32. The highest BCUT2D eigenvalue weighted by atomic mass is 79.9. The molecule has 0 radical (unpaired) electrons. The van der Waals surface area contributed by atoms with Gasteiger partial charge in [-0.05, 0) is 58.7 Å². The number of nitrogens with zero attached hydrogens (tertiary/aromatic N) is 2. The van der Waals surface area contributed by atoms with Gasteiger partial charge in [0.2, 0.25) is 5.90 Å². The van der Waals surface area contributed by atoms with Gasteiger partial charge in [0.25, 0.3) is 5.91 Å². The molecule has 2 heterocycles. The Labute approximate surface area is 284 Å². The highest BCUT2D eigenvalue weighted by Gasteiger charge is 2.53. The molecule has 0 aromatic heterocycles. The topological polar surface area (TPSA) is 92.6 Å². The molecule has 2 aliphatic rings. The van der Waals surface area contributed by atoms with Crippen LogP contribution < -0.4 is 10.1 Å². The quantitative estimate of drug-likeness (QED) is 0.171. The maximum absolute atomic E-state index is 14.5. The van der Waals surface area contributed by atoms with Gasteiger partial charge in [0.05, 0.1) is 19.8 Å². The second kappa shape index (κ2) is 15.7. The van der Waals surface area contributed by atoms with Crippen LogP contribution in [0.3, 0.4) is 0 Å². The lowest BCUT2D eigenvalue weighted by atomic mass is 9.81. The highest BCUT2D eigenvalue weighted by Crippen LogP contribution is 2.43. The fraction of sp³-hybridized carbons (Fsp3) is 0.316. The lowest BCUT2D eigenvalue weighted by molar-refractivity contribution is -0.129. The van der Waals surface area contributed by atoms with E-state index >= 15 is 0 Å². The van der Waals surface area contributed by atoms with E-state index in [2.05, 4.69) is 50.4 Å². The van der Waals surface area contributed by atoms with Crippen LogP contribution in [0.2, 0.25) is 0 Å². The first-order valence-corrected chi connectivity index (χ1v) is 16.9. The Balaban J connectivity index is 1.35. The van der Waals surface area contributed by atoms with E-state index in [1.54, 1.807) is 0 Å². The number of nitrogens with one attached hydrogen (secondary N) is 1. The maximum atomic E-state index is 14.5. The molecule has 244 valence electrons. The molecule has 2 N–H and O–H groups in total. The molecule has 0 saturated carbocycles. The number of aliphatic hydroxyl groups excluding tert-OH is 1. The summed E-state index contributed by atoms with van der Waals surface area (Å²) in [4.78, 5) is 22.0. The second-order valence-electron chi connectivity index (χ2n) is 11.8. The normalized spacial score (nSPS) is 19.5. The van der Waals surface area contributed by atoms with Crippen LogP contribution in [0.5, 0.6) is 5.75 Å². The number of ether oxygens (including phenoxy) is 3. The van der Waals surface area contributed by atoms with Crippen LogP contribution in [0.4, 0.5) is 0 Å². The molecule has 0 bridgehead atoms. The van der Waals surface area contributed by atoms with E-state index in [-0.39, 0.29) is 12.5 Å². The fourth-order valence-electron chi connectivity index (χ4n) is 5.98. The van der Waals surface area contributed by atoms with Crippen LogP contribution in [0.15, 0.2) is 113 Å². The number of morpholine rings is 1. The Morgan fingerprint density at radius 2 is 1.60 bits per heavy atom. The van der Waals surface area contributed by atoms with Crippen LogP contribution in [0.1, 0.15) is 29.2 Å². The Morgan fingerprint density at radius 1 is 0.915 bits per heavy atom. The van der Waals surface area contributed by atoms with Crippen LogP contribution in [0, 0.1) is 0 Å². The summed E-state index contributed by atoms with van der Waals surface area (Å²) in [7, 11) is 0. The monoisotopic (exact) mass is 697 g/mol. The largest absolute Gasteiger partial charge is 0.494 e. The fourth-order valence-corrected chi connectivity index (χ4v) is 6.25. The number of hydrogen-bond donors (Lipinski definition) is 2. The van der Waals surface area contributed by atoms with Crippen LogP contribution in [0.25, 0.3) is 11.1 Å². The number of carbonyl (C=O) groups excluding carboxylic acids is 1. The van der Waals surface area contributed by atoms with Crippen molar-refractivity contribution in [2.75, 3.05) is 52.6 Å². The third-order valence-electron chi connectivity index (χ3n) is 8.55. The van der Waals surface area contributed by atoms with Gasteiger partial charge < -0.3 is 24.6 Å². The minimum absolute atomic E-state index is 0.0748. The van der Waals surface area contributed by atoms with Gasteiger partial charge in [-0.15, -0.1) is 0 Å². The summed E-state index contributed by atoms with van der Waals surface area (Å²) < 4.78 is 18.9. The summed E-state index contributed by atoms with van der Waals surface area (Å²) in [5, 5.41) is 12.3. The molecular formula is C38H40BrN3O5. The molecule has 0 aliphatic carbocycles. The zero-order valence-corrected chi connectivity index (χ0v) is 27.9. The molecule has 47 heavy (non-hydrogen) atoms. The van der Waals surface area contributed by atoms with Gasteiger partial charge in [-0.1, -0.05) is 82.7 Å². The van der Waals surface area contributed by atoms with Crippen LogP contribution in [-0.2, 0) is 20.7 Å². The van der Waals surface area contributed by atoms with Crippen molar-refractivity contribution in [2.24, 2.45) is 4.99 Å². The van der Waals surface area contributed by atoms with Gasteiger partial charge >= 0.3 is 0 Å². The average Bonchev–Trinajstić information content (AvgIpc) is 3.51. The van der Waals surface area contributed by atoms with Gasteiger partial charge in [-0.2, -0.15) is 0 Å². The third-order valence-corrected chi connectivity index (χ3v) is 9.08. The van der Waals surface area contributed by atoms with E-state index in [1.807, 2.05) is 78.9 Å². The first-order chi connectivity index (χ1) is 23.0. The molecule has 2 aliphatic heterocycles. The van der Waals surface area contributed by atoms with Gasteiger partial charge in [0.1, 0.15) is 5.75 Å². The first kappa shape index (κ1) is 32.9. The molecule has 1 saturated heterocycles. The second-order valence-corrected chi connectivity index (χ2v) is 12.7. The minimum atomic E-state index is -1.27. The Hall–Kier alpha value is -4.02. The summed E-state index contributed by atoms with van der Waals surface area (Å²) in [6.45, 7) is 4.83. The minimum Gasteiger partial charge on any atom is -0.494 e. The first-order valence-electron chi connectivity index (χ1n) is 16.1. The van der Waals surface area contributed by atoms with E-state index in [0.717, 1.165) is 51.9 Å². The molecule has 0 spiro atoms. The lowest BCUT2D eigenvalue weighted by Crippen LogP contribution is -2.51. The Kier molecular flexibility index (Phi) is 11.0. The van der Waals surface area contributed by atoms with Gasteiger partial charge in [0.15, 0.2) is 11.6 Å². The van der Waals surface area contributed by atoms with E-state index < -0.39 is 11.6 Å². The Bertz CT molecular complexity index is 1630. The molecule has 4 aromatic rings. The van der Waals surface area contributed by atoms with Crippen molar-refractivity contribution in [3.8, 4) is 16.9 Å². The number of halogens is 1. The molecule has 8 nitrogen and oxygen atoms in total. The Morgan fingerprint density at radius 3 is 2.30 bits per heavy atom. The predicted molar refractivity (Wildman–Crippen MR) is 187 cm³/mol. The highest BCUT2D eigenvalue weighted by molar-refractivity contribution is 9.10. The molecule has 2 atom stereocenters. The van der Waals surface area contributed by atoms with Crippen molar-refractivity contribution in [3.05, 3.63) is 124 Å². The van der Waals surface area contributed by atoms with E-state index in [0.29, 0.717) is 50.9 Å². The molecular weight excluding hydrogens is 658 g/mol. The van der Waals surface area contributed by atoms with Crippen molar-refractivity contribution in [3.63, 3.8) is 0 Å². The summed E-state index contributed by atoms with van der Waals surface area (Å²) in [5.41, 5.74) is 3.53. The van der Waals surface area contributed by atoms with E-state index in [4.69, 9.17) is 24.3 Å². The summed E-state index contributed by atoms with van der Waals surface area (Å²) in [6.07, 6.45) is 0.233. The smallest absolute Gasteiger partial charge is 0.252 e. The zero-order valence-electron chi connectivity index (χ0n) is 26.3. The summed E-state index contributed by atoms with van der Waals surface area (Å²) >= 11 is 3.54. The number of hydrogen-bond acceptors (Lipinski definition) is 7. The third kappa shape index (κ3) is 8.11. The molecule has 9 heteroatoms. The molecule has 6 rings (SSSR count). The van der Waals surface area contributed by atoms with Gasteiger partial charge in [-0.3, -0.25) is 9.69 Å². The van der Waals surface area contributed by atoms with Crippen molar-refractivity contribution >= 4 is 27.7 Å². The van der Waals surface area contributed by atoms with Crippen LogP contribution in [-0.4, -0.2) is 80.0 Å². The number of carbonyl (C=O) groups is 1. The number of aliphatic imine (C=N–C) groups is 1. The van der Waals surface area contributed by atoms with E-state index in [9.17, 15) is 4.79 Å². The van der Waals surface area contributed by atoms with E-state index in [1.165, 1.54) is 0 Å². The summed E-state index contributed by atoms with van der Waals surface area (Å²) in [6, 6.07) is 34.0. The zero-order chi connectivity index (χ0) is 32.5. The number of rotatable bonds is 13. The van der Waals surface area contributed by atoms with Crippen molar-refractivity contribution < 1.29 is 24.1 Å². The SMILES string of the molecule is O=C(NCCN1CCOCC1)[C@]1(Cc2ccc(Br)cc2)N=C(c2ccc(OCCCO)cc2)O[C@@H]1c1ccc(-c2ccccc2)cc1. The average molecular weight is 699 g/mol. The van der Waals surface area contributed by atoms with Crippen molar-refractivity contribution in [1.82, 2.24) is 10.2 Å². The molecule has 1 amide bonds.